The van der Waals surface area contributed by atoms with E-state index in [0.29, 0.717) is 17.2 Å². The van der Waals surface area contributed by atoms with E-state index in [1.165, 1.54) is 0 Å². The van der Waals surface area contributed by atoms with E-state index >= 15 is 0 Å². The lowest BCUT2D eigenvalue weighted by atomic mass is 10.1. The maximum atomic E-state index is 12.8. The highest BCUT2D eigenvalue weighted by atomic mass is 127. The number of amides is 1. The van der Waals surface area contributed by atoms with Gasteiger partial charge in [-0.25, -0.2) is 4.98 Å². The van der Waals surface area contributed by atoms with Crippen LogP contribution in [0.4, 0.5) is 5.82 Å². The molecule has 0 radical (unpaired) electrons. The Morgan fingerprint density at radius 3 is 2.57 bits per heavy atom. The van der Waals surface area contributed by atoms with Gasteiger partial charge >= 0.3 is 0 Å². The molecule has 5 nitrogen and oxygen atoms in total. The Kier molecular flexibility index (Phi) is 4.89. The van der Waals surface area contributed by atoms with E-state index in [2.05, 4.69) is 46.0 Å². The molecular weight excluding hydrogens is 463 g/mol. The number of hydrogen-bond donors (Lipinski definition) is 1. The van der Waals surface area contributed by atoms with Gasteiger partial charge in [0.15, 0.2) is 5.82 Å². The van der Waals surface area contributed by atoms with Crippen LogP contribution in [0, 0.1) is 24.3 Å². The Hall–Kier alpha value is -2.74. The second kappa shape index (κ2) is 7.35. The Labute approximate surface area is 176 Å². The average molecular weight is 482 g/mol. The van der Waals surface area contributed by atoms with Crippen LogP contribution in [-0.4, -0.2) is 20.7 Å². The number of anilines is 1. The van der Waals surface area contributed by atoms with E-state index in [-0.39, 0.29) is 5.91 Å². The maximum absolute atomic E-state index is 12.8. The monoisotopic (exact) mass is 482 g/mol. The highest BCUT2D eigenvalue weighted by molar-refractivity contribution is 14.1. The van der Waals surface area contributed by atoms with E-state index < -0.39 is 0 Å². The second-order valence-corrected chi connectivity index (χ2v) is 7.95. The maximum Gasteiger partial charge on any atom is 0.257 e. The lowest BCUT2D eigenvalue weighted by Crippen LogP contribution is -2.16. The molecule has 0 spiro atoms. The molecule has 0 atom stereocenters. The summed E-state index contributed by atoms with van der Waals surface area (Å²) in [5, 5.41) is 8.67. The fourth-order valence-corrected chi connectivity index (χ4v) is 3.88. The minimum absolute atomic E-state index is 0.167. The molecule has 0 aliphatic heterocycles. The van der Waals surface area contributed by atoms with Gasteiger partial charge < -0.3 is 5.32 Å². The van der Waals surface area contributed by atoms with Crippen molar-refractivity contribution in [2.75, 3.05) is 5.32 Å². The van der Waals surface area contributed by atoms with Crippen LogP contribution < -0.4 is 5.32 Å². The molecule has 1 amide bonds. The lowest BCUT2D eigenvalue weighted by Gasteiger charge is -2.12. The molecule has 4 aromatic rings. The van der Waals surface area contributed by atoms with Gasteiger partial charge in [0.05, 0.1) is 16.8 Å². The summed E-state index contributed by atoms with van der Waals surface area (Å²) in [5.41, 5.74) is 4.61. The van der Waals surface area contributed by atoms with Crippen molar-refractivity contribution in [2.24, 2.45) is 0 Å². The second-order valence-electron chi connectivity index (χ2n) is 6.79. The minimum Gasteiger partial charge on any atom is -0.306 e. The number of para-hydroxylation sites is 1. The molecule has 0 saturated carbocycles. The van der Waals surface area contributed by atoms with Crippen molar-refractivity contribution < 1.29 is 4.79 Å². The van der Waals surface area contributed by atoms with Crippen LogP contribution in [0.25, 0.3) is 16.7 Å². The first kappa shape index (κ1) is 18.6. The summed E-state index contributed by atoms with van der Waals surface area (Å²) in [4.78, 5) is 17.6. The predicted octanol–water partition coefficient (Wildman–Crippen LogP) is 5.20. The first-order valence-corrected chi connectivity index (χ1v) is 10.0. The number of nitrogens with one attached hydrogen (secondary N) is 1. The Balaban J connectivity index is 1.78. The van der Waals surface area contributed by atoms with Gasteiger partial charge in [0.2, 0.25) is 0 Å². The Morgan fingerprint density at radius 2 is 1.79 bits per heavy atom. The van der Waals surface area contributed by atoms with Crippen molar-refractivity contribution >= 4 is 45.2 Å². The molecule has 2 heterocycles. The summed E-state index contributed by atoms with van der Waals surface area (Å²) in [7, 11) is 0. The standard InChI is InChI=1S/C22H19IN4O/c1-13-7-6-9-16-14(2)11-19(24-21(13)16)27-20(12-15(3)26-27)25-22(28)17-8-4-5-10-18(17)23/h4-12H,1-3H3,(H,25,28). The van der Waals surface area contributed by atoms with E-state index in [1.54, 1.807) is 4.68 Å². The first-order chi connectivity index (χ1) is 13.4. The number of aromatic nitrogens is 3. The number of aryl methyl sites for hydroxylation is 3. The molecule has 140 valence electrons. The molecule has 0 fully saturated rings. The summed E-state index contributed by atoms with van der Waals surface area (Å²) < 4.78 is 2.60. The third-order valence-electron chi connectivity index (χ3n) is 4.64. The average Bonchev–Trinajstić information content (AvgIpc) is 3.03. The number of hydrogen-bond acceptors (Lipinski definition) is 3. The summed E-state index contributed by atoms with van der Waals surface area (Å²) in [5.74, 6) is 1.12. The van der Waals surface area contributed by atoms with Gasteiger partial charge in [-0.05, 0) is 72.7 Å². The number of fused-ring (bicyclic) bond motifs is 1. The summed E-state index contributed by atoms with van der Waals surface area (Å²) in [6.45, 7) is 6.01. The van der Waals surface area contributed by atoms with Crippen LogP contribution >= 0.6 is 22.6 Å². The third kappa shape index (κ3) is 3.40. The number of pyridine rings is 1. The number of rotatable bonds is 3. The molecule has 1 N–H and O–H groups in total. The lowest BCUT2D eigenvalue weighted by molar-refractivity contribution is 0.102. The van der Waals surface area contributed by atoms with E-state index in [1.807, 2.05) is 62.4 Å². The van der Waals surface area contributed by atoms with Gasteiger partial charge in [0.1, 0.15) is 5.82 Å². The van der Waals surface area contributed by atoms with Crippen LogP contribution in [0.15, 0.2) is 54.6 Å². The first-order valence-electron chi connectivity index (χ1n) is 8.94. The zero-order chi connectivity index (χ0) is 19.8. The topological polar surface area (TPSA) is 59.8 Å². The molecule has 0 bridgehead atoms. The van der Waals surface area contributed by atoms with E-state index in [4.69, 9.17) is 4.98 Å². The largest absolute Gasteiger partial charge is 0.306 e. The third-order valence-corrected chi connectivity index (χ3v) is 5.58. The van der Waals surface area contributed by atoms with Crippen molar-refractivity contribution in [1.82, 2.24) is 14.8 Å². The number of benzene rings is 2. The van der Waals surface area contributed by atoms with Gasteiger partial charge in [-0.3, -0.25) is 4.79 Å². The molecule has 2 aromatic carbocycles. The van der Waals surface area contributed by atoms with Gasteiger partial charge in [-0.1, -0.05) is 30.3 Å². The molecule has 4 rings (SSSR count). The van der Waals surface area contributed by atoms with Crippen molar-refractivity contribution in [3.8, 4) is 5.82 Å². The molecule has 0 aliphatic carbocycles. The number of carbonyl (C=O) groups excluding carboxylic acids is 1. The van der Waals surface area contributed by atoms with Crippen LogP contribution in [0.5, 0.6) is 0 Å². The molecule has 0 unspecified atom stereocenters. The predicted molar refractivity (Wildman–Crippen MR) is 120 cm³/mol. The number of nitrogens with zero attached hydrogens (tertiary/aromatic N) is 3. The number of carbonyl (C=O) groups is 1. The van der Waals surface area contributed by atoms with E-state index in [9.17, 15) is 4.79 Å². The van der Waals surface area contributed by atoms with Crippen molar-refractivity contribution in [2.45, 2.75) is 20.8 Å². The van der Waals surface area contributed by atoms with Gasteiger partial charge in [-0.15, -0.1) is 0 Å². The quantitative estimate of drug-likeness (QED) is 0.409. The summed E-state index contributed by atoms with van der Waals surface area (Å²) in [6.07, 6.45) is 0. The molecule has 0 saturated heterocycles. The molecular formula is C22H19IN4O. The fourth-order valence-electron chi connectivity index (χ4n) is 3.24. The smallest absolute Gasteiger partial charge is 0.257 e. The number of halogens is 1. The highest BCUT2D eigenvalue weighted by Gasteiger charge is 2.16. The van der Waals surface area contributed by atoms with Gasteiger partial charge in [0, 0.05) is 15.0 Å². The zero-order valence-electron chi connectivity index (χ0n) is 15.8. The van der Waals surface area contributed by atoms with Crippen LogP contribution in [-0.2, 0) is 0 Å². The highest BCUT2D eigenvalue weighted by Crippen LogP contribution is 2.25. The Morgan fingerprint density at radius 1 is 1.00 bits per heavy atom. The Bertz CT molecular complexity index is 1210. The summed E-state index contributed by atoms with van der Waals surface area (Å²) >= 11 is 2.17. The van der Waals surface area contributed by atoms with Crippen molar-refractivity contribution in [1.29, 1.82) is 0 Å². The van der Waals surface area contributed by atoms with Crippen molar-refractivity contribution in [3.05, 3.63) is 80.6 Å². The van der Waals surface area contributed by atoms with Crippen LogP contribution in [0.3, 0.4) is 0 Å². The minimum atomic E-state index is -0.167. The normalized spacial score (nSPS) is 11.0. The molecule has 28 heavy (non-hydrogen) atoms. The van der Waals surface area contributed by atoms with Gasteiger partial charge in [0.25, 0.3) is 5.91 Å². The SMILES string of the molecule is Cc1cc(NC(=O)c2ccccc2I)n(-c2cc(C)c3cccc(C)c3n2)n1. The zero-order valence-corrected chi connectivity index (χ0v) is 18.0. The van der Waals surface area contributed by atoms with Crippen LogP contribution in [0.2, 0.25) is 0 Å². The molecule has 0 aliphatic rings. The van der Waals surface area contributed by atoms with Crippen molar-refractivity contribution in [3.63, 3.8) is 0 Å². The molecule has 2 aromatic heterocycles. The molecule has 6 heteroatoms. The fraction of sp³-hybridized carbons (Fsp3) is 0.136. The van der Waals surface area contributed by atoms with E-state index in [0.717, 1.165) is 31.3 Å². The van der Waals surface area contributed by atoms with Crippen LogP contribution in [0.1, 0.15) is 27.2 Å². The van der Waals surface area contributed by atoms with Gasteiger partial charge in [-0.2, -0.15) is 9.78 Å². The summed E-state index contributed by atoms with van der Waals surface area (Å²) in [6, 6.07) is 17.5.